The quantitative estimate of drug-likeness (QED) is 0.311. The number of rotatable bonds is 9. The number of aromatic nitrogens is 3. The molecule has 1 heterocycles. The lowest BCUT2D eigenvalue weighted by Crippen LogP contribution is -2.55. The van der Waals surface area contributed by atoms with Crippen LogP contribution in [0.4, 0.5) is 19.2 Å². The lowest BCUT2D eigenvalue weighted by Gasteiger charge is -2.27. The van der Waals surface area contributed by atoms with Crippen LogP contribution in [0.25, 0.3) is 0 Å². The zero-order chi connectivity index (χ0) is 40.0. The number of amides is 7. The van der Waals surface area contributed by atoms with E-state index in [4.69, 9.17) is 4.74 Å². The van der Waals surface area contributed by atoms with Gasteiger partial charge in [-0.05, 0) is 125 Å². The van der Waals surface area contributed by atoms with Crippen LogP contribution in [0.1, 0.15) is 143 Å². The van der Waals surface area contributed by atoms with Crippen LogP contribution in [-0.2, 0) is 4.74 Å². The number of urea groups is 3. The Morgan fingerprint density at radius 1 is 0.460 bits per heavy atom. The molecule has 290 valence electrons. The fraction of sp³-hybridized carbons (Fsp3) is 0.794. The normalized spacial score (nSPS) is 11.2. The van der Waals surface area contributed by atoms with Crippen molar-refractivity contribution in [2.75, 3.05) is 0 Å². The minimum Gasteiger partial charge on any atom is -0.446 e. The van der Waals surface area contributed by atoms with Crippen LogP contribution in [0.2, 0.25) is 0 Å². The summed E-state index contributed by atoms with van der Waals surface area (Å²) in [5.41, 5.74) is -1.61. The van der Waals surface area contributed by atoms with Gasteiger partial charge in [-0.3, -0.25) is 0 Å². The Kier molecular flexibility index (Phi) is 21.0. The zero-order valence-electron chi connectivity index (χ0n) is 33.7. The number of ether oxygens (including phenoxy) is 1. The predicted molar refractivity (Wildman–Crippen MR) is 197 cm³/mol. The van der Waals surface area contributed by atoms with Gasteiger partial charge in [0.1, 0.15) is 0 Å². The summed E-state index contributed by atoms with van der Waals surface area (Å²) < 4.78 is 8.38. The first-order valence-corrected chi connectivity index (χ1v) is 17.4. The van der Waals surface area contributed by atoms with Gasteiger partial charge in [-0.15, -0.1) is 0 Å². The van der Waals surface area contributed by atoms with Gasteiger partial charge in [-0.2, -0.15) is 0 Å². The van der Waals surface area contributed by atoms with Crippen LogP contribution >= 0.6 is 0 Å². The first-order valence-electron chi connectivity index (χ1n) is 17.4. The lowest BCUT2D eigenvalue weighted by atomic mass is 10.3. The van der Waals surface area contributed by atoms with Crippen LogP contribution in [0, 0.1) is 0 Å². The number of nitrogens with zero attached hydrogens (tertiary/aromatic N) is 5. The minimum absolute atomic E-state index is 0.0133. The van der Waals surface area contributed by atoms with E-state index in [-0.39, 0.29) is 66.5 Å². The molecule has 0 saturated heterocycles. The van der Waals surface area contributed by atoms with Gasteiger partial charge in [0.05, 0.1) is 6.10 Å². The van der Waals surface area contributed by atoms with E-state index in [1.165, 1.54) is 4.90 Å². The number of imide groups is 2. The van der Waals surface area contributed by atoms with E-state index in [1.807, 2.05) is 41.5 Å². The van der Waals surface area contributed by atoms with E-state index in [2.05, 4.69) is 16.0 Å². The number of hydrogen-bond acceptors (Lipinski definition) is 8. The Hall–Kier alpha value is -4.11. The second-order valence-electron chi connectivity index (χ2n) is 14.4. The lowest BCUT2D eigenvalue weighted by molar-refractivity contribution is 0.0774. The van der Waals surface area contributed by atoms with E-state index < -0.39 is 29.2 Å². The van der Waals surface area contributed by atoms with Crippen LogP contribution in [0.3, 0.4) is 0 Å². The van der Waals surface area contributed by atoms with Crippen molar-refractivity contribution >= 4 is 24.2 Å². The van der Waals surface area contributed by atoms with Gasteiger partial charge in [-0.1, -0.05) is 0 Å². The van der Waals surface area contributed by atoms with Crippen molar-refractivity contribution in [1.82, 2.24) is 39.5 Å². The molecule has 0 bridgehead atoms. The summed E-state index contributed by atoms with van der Waals surface area (Å²) in [5.74, 6) is 0. The number of carbonyl (C=O) groups is 4. The summed E-state index contributed by atoms with van der Waals surface area (Å²) in [7, 11) is 0. The molecule has 0 unspecified atom stereocenters. The molecule has 1 aromatic rings. The van der Waals surface area contributed by atoms with E-state index in [0.29, 0.717) is 0 Å². The first-order chi connectivity index (χ1) is 22.7. The van der Waals surface area contributed by atoms with Crippen LogP contribution in [-0.4, -0.2) is 84.0 Å². The van der Waals surface area contributed by atoms with Crippen LogP contribution in [0.5, 0.6) is 0 Å². The molecule has 0 saturated carbocycles. The summed E-state index contributed by atoms with van der Waals surface area (Å²) in [6, 6.07) is -2.35. The van der Waals surface area contributed by atoms with Crippen molar-refractivity contribution in [1.29, 1.82) is 0 Å². The zero-order valence-corrected chi connectivity index (χ0v) is 33.7. The molecular weight excluding hydrogens is 648 g/mol. The van der Waals surface area contributed by atoms with Crippen LogP contribution in [0.15, 0.2) is 14.4 Å². The third-order valence-electron chi connectivity index (χ3n) is 6.24. The molecule has 0 aliphatic rings. The number of hydrogen-bond donors (Lipinski definition) is 3. The fourth-order valence-corrected chi connectivity index (χ4v) is 4.22. The van der Waals surface area contributed by atoms with E-state index in [1.54, 1.807) is 83.1 Å². The van der Waals surface area contributed by atoms with Gasteiger partial charge in [0, 0.05) is 48.3 Å². The smallest absolute Gasteiger partial charge is 0.418 e. The molecule has 7 amide bonds. The number of nitrogens with one attached hydrogen (secondary N) is 3. The second kappa shape index (κ2) is 21.9. The van der Waals surface area contributed by atoms with Crippen molar-refractivity contribution < 1.29 is 23.9 Å². The monoisotopic (exact) mass is 715 g/mol. The van der Waals surface area contributed by atoms with Gasteiger partial charge in [-0.25, -0.2) is 57.1 Å². The average molecular weight is 715 g/mol. The molecule has 0 radical (unpaired) electrons. The Bertz CT molecular complexity index is 1210. The summed E-state index contributed by atoms with van der Waals surface area (Å²) in [5, 5.41) is 8.07. The largest absolute Gasteiger partial charge is 0.446 e. The van der Waals surface area contributed by atoms with Crippen molar-refractivity contribution in [3.05, 3.63) is 31.5 Å². The molecule has 16 heteroatoms. The predicted octanol–water partition coefficient (Wildman–Crippen LogP) is 5.21. The third kappa shape index (κ3) is 15.6. The molecule has 50 heavy (non-hydrogen) atoms. The first kappa shape index (κ1) is 48.0. The Balaban J connectivity index is 0. The summed E-state index contributed by atoms with van der Waals surface area (Å²) in [4.78, 5) is 85.8. The molecule has 0 spiro atoms. The molecule has 16 nitrogen and oxygen atoms in total. The van der Waals surface area contributed by atoms with E-state index >= 15 is 0 Å². The Morgan fingerprint density at radius 2 is 0.700 bits per heavy atom. The summed E-state index contributed by atoms with van der Waals surface area (Å²) >= 11 is 0. The molecular formula is C34H66N8O8. The van der Waals surface area contributed by atoms with Crippen molar-refractivity contribution in [3.63, 3.8) is 0 Å². The van der Waals surface area contributed by atoms with Gasteiger partial charge in [0.25, 0.3) is 0 Å². The maximum atomic E-state index is 12.2. The number of carbonyl (C=O) groups excluding carboxylic acids is 4. The van der Waals surface area contributed by atoms with Crippen LogP contribution < -0.4 is 33.0 Å². The summed E-state index contributed by atoms with van der Waals surface area (Å²) in [6.45, 7) is 32.3. The van der Waals surface area contributed by atoms with Gasteiger partial charge < -0.3 is 20.7 Å². The van der Waals surface area contributed by atoms with Gasteiger partial charge >= 0.3 is 41.3 Å². The Morgan fingerprint density at radius 3 is 0.880 bits per heavy atom. The summed E-state index contributed by atoms with van der Waals surface area (Å²) in [6.07, 6.45) is -0.844. The van der Waals surface area contributed by atoms with E-state index in [0.717, 1.165) is 18.6 Å². The molecule has 1 aromatic heterocycles. The molecule has 3 N–H and O–H groups in total. The molecule has 0 aliphatic carbocycles. The maximum absolute atomic E-state index is 12.2. The minimum atomic E-state index is -0.608. The topological polar surface area (TPSA) is 186 Å². The fourth-order valence-electron chi connectivity index (χ4n) is 4.22. The third-order valence-corrected chi connectivity index (χ3v) is 6.24. The molecule has 1 rings (SSSR count). The van der Waals surface area contributed by atoms with E-state index in [9.17, 15) is 33.6 Å². The highest BCUT2D eigenvalue weighted by Gasteiger charge is 2.27. The standard InChI is InChI=1S/C12H21N3O3.C11H23N3O2.C11H22N2O3/c1-7(2)13-10(16)14(8(3)4)12(18)15(9(5)6)11(13)17;1-7(2)12-10(15)14(9(5)6)11(16)13-8(3)4;1-7(2)12-10(14)13(8(3)4)11(15)16-9(5)6/h7-9H,1-6H3;7-9H,1-6H3,(H,12,15)(H,13,16);7-9H,1-6H3,(H,12,14). The van der Waals surface area contributed by atoms with Crippen molar-refractivity contribution in [2.45, 2.75) is 179 Å². The molecule has 0 aromatic carbocycles. The Labute approximate surface area is 297 Å². The average Bonchev–Trinajstić information content (AvgIpc) is 2.86. The van der Waals surface area contributed by atoms with Crippen molar-refractivity contribution in [3.8, 4) is 0 Å². The SMILES string of the molecule is CC(C)NC(=O)N(C(=O)NC(C)C)C(C)C.CC(C)NC(=O)N(C(=O)OC(C)C)C(C)C.CC(C)n1c(=O)n(C(C)C)c(=O)n(C(C)C)c1=O. The highest BCUT2D eigenvalue weighted by molar-refractivity contribution is 5.94. The molecule has 0 atom stereocenters. The van der Waals surface area contributed by atoms with Crippen molar-refractivity contribution in [2.24, 2.45) is 0 Å². The molecule has 0 fully saturated rings. The second-order valence-corrected chi connectivity index (χ2v) is 14.4. The maximum Gasteiger partial charge on any atom is 0.418 e. The van der Waals surface area contributed by atoms with Gasteiger partial charge in [0.15, 0.2) is 0 Å². The van der Waals surface area contributed by atoms with Gasteiger partial charge in [0.2, 0.25) is 0 Å². The highest BCUT2D eigenvalue weighted by Crippen LogP contribution is 2.06. The molecule has 0 aliphatic heterocycles. The highest BCUT2D eigenvalue weighted by atomic mass is 16.6.